The van der Waals surface area contributed by atoms with Crippen molar-refractivity contribution < 1.29 is 19.1 Å². The van der Waals surface area contributed by atoms with E-state index in [0.29, 0.717) is 19.5 Å². The van der Waals surface area contributed by atoms with Crippen LogP contribution in [0.3, 0.4) is 0 Å². The minimum atomic E-state index is -0.685. The maximum absolute atomic E-state index is 12.7. The van der Waals surface area contributed by atoms with Gasteiger partial charge in [0.15, 0.2) is 0 Å². The van der Waals surface area contributed by atoms with Crippen LogP contribution in [0.15, 0.2) is 22.8 Å². The lowest BCUT2D eigenvalue weighted by Gasteiger charge is -2.32. The van der Waals surface area contributed by atoms with E-state index in [0.717, 1.165) is 35.8 Å². The summed E-state index contributed by atoms with van der Waals surface area (Å²) in [6, 6.07) is 4.10. The van der Waals surface area contributed by atoms with Gasteiger partial charge < -0.3 is 14.4 Å². The van der Waals surface area contributed by atoms with Gasteiger partial charge in [0.2, 0.25) is 5.91 Å². The molecule has 0 bridgehead atoms. The fraction of sp³-hybridized carbons (Fsp3) is 0.500. The Hall–Kier alpha value is -2.30. The zero-order valence-corrected chi connectivity index (χ0v) is 14.7. The number of amides is 1. The van der Waals surface area contributed by atoms with Crippen molar-refractivity contribution in [2.75, 3.05) is 13.1 Å². The highest BCUT2D eigenvalue weighted by Gasteiger charge is 2.59. The molecule has 25 heavy (non-hydrogen) atoms. The van der Waals surface area contributed by atoms with Crippen LogP contribution in [-0.2, 0) is 16.0 Å². The topological polar surface area (TPSA) is 70.8 Å². The van der Waals surface area contributed by atoms with Gasteiger partial charge in [0.25, 0.3) is 0 Å². The zero-order chi connectivity index (χ0) is 17.8. The van der Waals surface area contributed by atoms with Crippen LogP contribution >= 0.6 is 0 Å². The standard InChI is InChI=1S/C20H23NO4/c1-12-7-15-14(11-25-17(15)8-13(12)2)9-18(22)21-5-3-20(4-6-21)10-16(20)19(23)24/h7-8,11,16H,3-6,9-10H2,1-2H3,(H,23,24). The van der Waals surface area contributed by atoms with Crippen molar-refractivity contribution in [3.05, 3.63) is 35.1 Å². The summed E-state index contributed by atoms with van der Waals surface area (Å²) in [5.74, 6) is -0.785. The van der Waals surface area contributed by atoms with Gasteiger partial charge in [0.05, 0.1) is 18.6 Å². The summed E-state index contributed by atoms with van der Waals surface area (Å²) in [5.41, 5.74) is 4.08. The predicted octanol–water partition coefficient (Wildman–Crippen LogP) is 3.31. The number of fused-ring (bicyclic) bond motifs is 1. The lowest BCUT2D eigenvalue weighted by atomic mass is 9.90. The summed E-state index contributed by atoms with van der Waals surface area (Å²) < 4.78 is 5.62. The molecule has 1 N–H and O–H groups in total. The van der Waals surface area contributed by atoms with Crippen molar-refractivity contribution >= 4 is 22.8 Å². The number of rotatable bonds is 3. The smallest absolute Gasteiger partial charge is 0.307 e. The lowest BCUT2D eigenvalue weighted by molar-refractivity contribution is -0.139. The first-order chi connectivity index (χ1) is 11.9. The molecule has 1 aromatic carbocycles. The number of hydrogen-bond acceptors (Lipinski definition) is 3. The van der Waals surface area contributed by atoms with Gasteiger partial charge in [-0.15, -0.1) is 0 Å². The largest absolute Gasteiger partial charge is 0.481 e. The van der Waals surface area contributed by atoms with Crippen LogP contribution in [0, 0.1) is 25.2 Å². The van der Waals surface area contributed by atoms with Gasteiger partial charge in [-0.3, -0.25) is 9.59 Å². The van der Waals surface area contributed by atoms with E-state index in [9.17, 15) is 9.59 Å². The highest BCUT2D eigenvalue weighted by atomic mass is 16.4. The molecule has 0 radical (unpaired) electrons. The van der Waals surface area contributed by atoms with E-state index < -0.39 is 5.97 Å². The van der Waals surface area contributed by atoms with Gasteiger partial charge in [-0.05, 0) is 61.8 Å². The number of aliphatic carboxylic acids is 1. The fourth-order valence-corrected chi connectivity index (χ4v) is 4.20. The average molecular weight is 341 g/mol. The Kier molecular flexibility index (Phi) is 3.63. The van der Waals surface area contributed by atoms with E-state index in [-0.39, 0.29) is 17.2 Å². The average Bonchev–Trinajstić information content (AvgIpc) is 3.16. The summed E-state index contributed by atoms with van der Waals surface area (Å²) in [5, 5.41) is 10.2. The van der Waals surface area contributed by atoms with E-state index >= 15 is 0 Å². The number of likely N-dealkylation sites (tertiary alicyclic amines) is 1. The number of carbonyl (C=O) groups is 2. The van der Waals surface area contributed by atoms with Gasteiger partial charge >= 0.3 is 5.97 Å². The molecule has 1 aliphatic carbocycles. The Bertz CT molecular complexity index is 858. The molecule has 1 amide bonds. The van der Waals surface area contributed by atoms with Crippen LogP contribution in [0.4, 0.5) is 0 Å². The quantitative estimate of drug-likeness (QED) is 0.930. The fourth-order valence-electron chi connectivity index (χ4n) is 4.20. The Morgan fingerprint density at radius 1 is 1.24 bits per heavy atom. The molecular formula is C20H23NO4. The third kappa shape index (κ3) is 2.71. The lowest BCUT2D eigenvalue weighted by Crippen LogP contribution is -2.40. The number of carboxylic acids is 1. The second-order valence-corrected chi connectivity index (χ2v) is 7.71. The zero-order valence-electron chi connectivity index (χ0n) is 14.7. The summed E-state index contributed by atoms with van der Waals surface area (Å²) in [6.45, 7) is 5.44. The molecule has 132 valence electrons. The number of nitrogens with zero attached hydrogens (tertiary/aromatic N) is 1. The van der Waals surface area contributed by atoms with Gasteiger partial charge in [-0.1, -0.05) is 0 Å². The van der Waals surface area contributed by atoms with Crippen molar-refractivity contribution in [2.24, 2.45) is 11.3 Å². The van der Waals surface area contributed by atoms with E-state index in [1.165, 1.54) is 11.1 Å². The second-order valence-electron chi connectivity index (χ2n) is 7.71. The Labute approximate surface area is 146 Å². The molecule has 5 heteroatoms. The molecule has 2 fully saturated rings. The number of benzene rings is 1. The molecular weight excluding hydrogens is 318 g/mol. The highest BCUT2D eigenvalue weighted by molar-refractivity contribution is 5.88. The predicted molar refractivity (Wildman–Crippen MR) is 93.4 cm³/mol. The van der Waals surface area contributed by atoms with Gasteiger partial charge in [0.1, 0.15) is 5.58 Å². The van der Waals surface area contributed by atoms with Crippen molar-refractivity contribution in [3.8, 4) is 0 Å². The van der Waals surface area contributed by atoms with Crippen LogP contribution in [0.2, 0.25) is 0 Å². The van der Waals surface area contributed by atoms with Crippen molar-refractivity contribution in [2.45, 2.75) is 39.5 Å². The SMILES string of the molecule is Cc1cc2occ(CC(=O)N3CCC4(CC3)CC4C(=O)O)c2cc1C. The van der Waals surface area contributed by atoms with Crippen molar-refractivity contribution in [1.82, 2.24) is 4.90 Å². The molecule has 2 heterocycles. The van der Waals surface area contributed by atoms with Crippen LogP contribution in [0.25, 0.3) is 11.0 Å². The van der Waals surface area contributed by atoms with Gasteiger partial charge in [-0.2, -0.15) is 0 Å². The molecule has 1 spiro atoms. The van der Waals surface area contributed by atoms with Crippen LogP contribution in [-0.4, -0.2) is 35.0 Å². The monoisotopic (exact) mass is 341 g/mol. The maximum atomic E-state index is 12.7. The molecule has 2 aromatic rings. The first-order valence-electron chi connectivity index (χ1n) is 8.87. The van der Waals surface area contributed by atoms with Crippen molar-refractivity contribution in [1.29, 1.82) is 0 Å². The third-order valence-corrected chi connectivity index (χ3v) is 6.21. The number of piperidine rings is 1. The van der Waals surface area contributed by atoms with Gasteiger partial charge in [-0.25, -0.2) is 0 Å². The van der Waals surface area contributed by atoms with E-state index in [2.05, 4.69) is 13.0 Å². The third-order valence-electron chi connectivity index (χ3n) is 6.21. The molecule has 2 aliphatic rings. The molecule has 1 saturated heterocycles. The Balaban J connectivity index is 1.43. The molecule has 5 nitrogen and oxygen atoms in total. The maximum Gasteiger partial charge on any atom is 0.307 e. The Morgan fingerprint density at radius 3 is 2.56 bits per heavy atom. The number of aryl methyl sites for hydroxylation is 2. The Morgan fingerprint density at radius 2 is 1.92 bits per heavy atom. The molecule has 1 unspecified atom stereocenters. The van der Waals surface area contributed by atoms with E-state index in [1.54, 1.807) is 6.26 Å². The molecule has 1 atom stereocenters. The summed E-state index contributed by atoms with van der Waals surface area (Å²) in [6.07, 6.45) is 4.41. The minimum Gasteiger partial charge on any atom is -0.481 e. The van der Waals surface area contributed by atoms with E-state index in [1.807, 2.05) is 17.9 Å². The van der Waals surface area contributed by atoms with Crippen LogP contribution in [0.5, 0.6) is 0 Å². The normalized spacial score (nSPS) is 21.7. The number of carboxylic acid groups (broad SMARTS) is 1. The molecule has 1 aromatic heterocycles. The number of carbonyl (C=O) groups excluding carboxylic acids is 1. The molecule has 1 aliphatic heterocycles. The van der Waals surface area contributed by atoms with Crippen LogP contribution in [0.1, 0.15) is 36.0 Å². The number of hydrogen-bond donors (Lipinski definition) is 1. The highest BCUT2D eigenvalue weighted by Crippen LogP contribution is 2.59. The van der Waals surface area contributed by atoms with Crippen LogP contribution < -0.4 is 0 Å². The van der Waals surface area contributed by atoms with Crippen molar-refractivity contribution in [3.63, 3.8) is 0 Å². The number of furan rings is 1. The summed E-state index contributed by atoms with van der Waals surface area (Å²) in [4.78, 5) is 25.7. The minimum absolute atomic E-state index is 0.0421. The summed E-state index contributed by atoms with van der Waals surface area (Å²) in [7, 11) is 0. The second kappa shape index (κ2) is 5.61. The molecule has 1 saturated carbocycles. The summed E-state index contributed by atoms with van der Waals surface area (Å²) >= 11 is 0. The molecule has 4 rings (SSSR count). The first kappa shape index (κ1) is 16.2. The first-order valence-corrected chi connectivity index (χ1v) is 8.87. The van der Waals surface area contributed by atoms with Gasteiger partial charge in [0, 0.05) is 24.0 Å². The van der Waals surface area contributed by atoms with E-state index in [4.69, 9.17) is 9.52 Å².